The Hall–Kier alpha value is -1.60. The van der Waals surface area contributed by atoms with Crippen LogP contribution in [0.25, 0.3) is 0 Å². The van der Waals surface area contributed by atoms with Crippen LogP contribution in [-0.4, -0.2) is 17.3 Å². The number of halogens is 1. The third-order valence-electron chi connectivity index (χ3n) is 1.81. The van der Waals surface area contributed by atoms with E-state index in [9.17, 15) is 9.50 Å². The minimum absolute atomic E-state index is 0.235. The number of aliphatic hydroxyl groups is 1. The van der Waals surface area contributed by atoms with Gasteiger partial charge < -0.3 is 10.4 Å². The van der Waals surface area contributed by atoms with Crippen molar-refractivity contribution in [3.8, 4) is 6.07 Å². The number of nitrogens with zero attached hydrogens (tertiary/aromatic N) is 1. The van der Waals surface area contributed by atoms with Crippen LogP contribution in [0.15, 0.2) is 18.2 Å². The highest BCUT2D eigenvalue weighted by Crippen LogP contribution is 2.16. The molecule has 0 aromatic heterocycles. The van der Waals surface area contributed by atoms with E-state index in [4.69, 9.17) is 5.26 Å². The van der Waals surface area contributed by atoms with Crippen molar-refractivity contribution in [1.29, 1.82) is 5.26 Å². The van der Waals surface area contributed by atoms with Crippen LogP contribution in [0, 0.1) is 17.1 Å². The summed E-state index contributed by atoms with van der Waals surface area (Å²) in [4.78, 5) is 0. The van der Waals surface area contributed by atoms with Crippen LogP contribution in [0.4, 0.5) is 10.1 Å². The molecule has 2 N–H and O–H groups in total. The summed E-state index contributed by atoms with van der Waals surface area (Å²) in [6.45, 7) is 3.60. The van der Waals surface area contributed by atoms with Crippen LogP contribution in [0.3, 0.4) is 0 Å². The molecule has 80 valence electrons. The summed E-state index contributed by atoms with van der Waals surface area (Å²) in [5.74, 6) is -0.444. The van der Waals surface area contributed by atoms with Crippen molar-refractivity contribution >= 4 is 5.69 Å². The molecule has 0 unspecified atom stereocenters. The molecule has 1 aromatic carbocycles. The summed E-state index contributed by atoms with van der Waals surface area (Å²) in [5, 5.41) is 21.1. The fourth-order valence-corrected chi connectivity index (χ4v) is 1.07. The Labute approximate surface area is 88.2 Å². The molecule has 0 saturated heterocycles. The van der Waals surface area contributed by atoms with Crippen LogP contribution in [0.1, 0.15) is 19.4 Å². The molecule has 3 nitrogen and oxygen atoms in total. The maximum absolute atomic E-state index is 12.8. The predicted octanol–water partition coefficient (Wildman–Crippen LogP) is 1.88. The van der Waals surface area contributed by atoms with Gasteiger partial charge in [-0.05, 0) is 32.0 Å². The Morgan fingerprint density at radius 2 is 2.20 bits per heavy atom. The van der Waals surface area contributed by atoms with Gasteiger partial charge in [-0.3, -0.25) is 0 Å². The molecule has 15 heavy (non-hydrogen) atoms. The topological polar surface area (TPSA) is 56.0 Å². The van der Waals surface area contributed by atoms with Crippen molar-refractivity contribution in [3.63, 3.8) is 0 Å². The smallest absolute Gasteiger partial charge is 0.124 e. The lowest BCUT2D eigenvalue weighted by atomic mass is 10.1. The van der Waals surface area contributed by atoms with E-state index < -0.39 is 11.4 Å². The van der Waals surface area contributed by atoms with Crippen LogP contribution >= 0.6 is 0 Å². The Morgan fingerprint density at radius 1 is 1.53 bits per heavy atom. The summed E-state index contributed by atoms with van der Waals surface area (Å²) in [6.07, 6.45) is 0. The third-order valence-corrected chi connectivity index (χ3v) is 1.81. The van der Waals surface area contributed by atoms with Crippen molar-refractivity contribution in [3.05, 3.63) is 29.6 Å². The van der Waals surface area contributed by atoms with Crippen LogP contribution in [0.5, 0.6) is 0 Å². The summed E-state index contributed by atoms with van der Waals surface area (Å²) >= 11 is 0. The lowest BCUT2D eigenvalue weighted by Gasteiger charge is -2.19. The molecular formula is C11H13FN2O. The van der Waals surface area contributed by atoms with Gasteiger partial charge in [-0.15, -0.1) is 0 Å². The number of anilines is 1. The average molecular weight is 208 g/mol. The number of rotatable bonds is 3. The van der Waals surface area contributed by atoms with Gasteiger partial charge in [-0.25, -0.2) is 4.39 Å². The zero-order valence-corrected chi connectivity index (χ0v) is 8.71. The van der Waals surface area contributed by atoms with Crippen molar-refractivity contribution in [1.82, 2.24) is 0 Å². The third kappa shape index (κ3) is 3.56. The van der Waals surface area contributed by atoms with E-state index in [1.54, 1.807) is 13.8 Å². The first kappa shape index (κ1) is 11.5. The second-order valence-corrected chi connectivity index (χ2v) is 3.97. The van der Waals surface area contributed by atoms with Crippen LogP contribution < -0.4 is 5.32 Å². The van der Waals surface area contributed by atoms with E-state index in [1.165, 1.54) is 12.1 Å². The first-order valence-electron chi connectivity index (χ1n) is 4.58. The van der Waals surface area contributed by atoms with Crippen molar-refractivity contribution < 1.29 is 9.50 Å². The molecular weight excluding hydrogens is 195 g/mol. The molecule has 0 aliphatic carbocycles. The molecule has 0 aliphatic rings. The van der Waals surface area contributed by atoms with Gasteiger partial charge in [0.2, 0.25) is 0 Å². The Kier molecular flexibility index (Phi) is 3.28. The Bertz CT molecular complexity index is 391. The highest BCUT2D eigenvalue weighted by Gasteiger charge is 2.13. The summed E-state index contributed by atoms with van der Waals surface area (Å²) in [6, 6.07) is 5.81. The van der Waals surface area contributed by atoms with E-state index in [2.05, 4.69) is 5.32 Å². The number of benzene rings is 1. The maximum Gasteiger partial charge on any atom is 0.124 e. The van der Waals surface area contributed by atoms with Gasteiger partial charge >= 0.3 is 0 Å². The first-order valence-corrected chi connectivity index (χ1v) is 4.58. The quantitative estimate of drug-likeness (QED) is 0.797. The molecule has 1 rings (SSSR count). The van der Waals surface area contributed by atoms with E-state index in [0.717, 1.165) is 6.07 Å². The van der Waals surface area contributed by atoms with Gasteiger partial charge in [0.05, 0.1) is 16.9 Å². The number of hydrogen-bond acceptors (Lipinski definition) is 3. The molecule has 0 heterocycles. The number of nitrogens with one attached hydrogen (secondary N) is 1. The standard InChI is InChI=1S/C11H13FN2O/c1-11(2,15)7-14-10-4-3-9(12)5-8(10)6-13/h3-5,14-15H,7H2,1-2H3. The van der Waals surface area contributed by atoms with Gasteiger partial charge in [0, 0.05) is 6.54 Å². The zero-order chi connectivity index (χ0) is 11.5. The van der Waals surface area contributed by atoms with E-state index in [1.807, 2.05) is 6.07 Å². The fraction of sp³-hybridized carbons (Fsp3) is 0.364. The molecule has 1 aromatic rings. The molecule has 0 radical (unpaired) electrons. The van der Waals surface area contributed by atoms with Crippen LogP contribution in [0.2, 0.25) is 0 Å². The minimum Gasteiger partial charge on any atom is -0.389 e. The SMILES string of the molecule is CC(C)(O)CNc1ccc(F)cc1C#N. The van der Waals surface area contributed by atoms with Crippen LogP contribution in [-0.2, 0) is 0 Å². The molecule has 0 aliphatic heterocycles. The fourth-order valence-electron chi connectivity index (χ4n) is 1.07. The highest BCUT2D eigenvalue weighted by molar-refractivity contribution is 5.57. The number of nitriles is 1. The minimum atomic E-state index is -0.874. The maximum atomic E-state index is 12.8. The first-order chi connectivity index (χ1) is 6.92. The Morgan fingerprint density at radius 3 is 2.73 bits per heavy atom. The zero-order valence-electron chi connectivity index (χ0n) is 8.71. The van der Waals surface area contributed by atoms with E-state index in [-0.39, 0.29) is 5.56 Å². The molecule has 0 fully saturated rings. The molecule has 0 atom stereocenters. The monoisotopic (exact) mass is 208 g/mol. The summed E-state index contributed by atoms with van der Waals surface area (Å²) in [7, 11) is 0. The molecule has 0 spiro atoms. The van der Waals surface area contributed by atoms with Crippen molar-refractivity contribution in [2.45, 2.75) is 19.4 Å². The lowest BCUT2D eigenvalue weighted by molar-refractivity contribution is 0.0945. The second kappa shape index (κ2) is 4.28. The highest BCUT2D eigenvalue weighted by atomic mass is 19.1. The van der Waals surface area contributed by atoms with Gasteiger partial charge in [0.1, 0.15) is 11.9 Å². The summed E-state index contributed by atoms with van der Waals surface area (Å²) < 4.78 is 12.8. The van der Waals surface area contributed by atoms with Crippen molar-refractivity contribution in [2.75, 3.05) is 11.9 Å². The molecule has 0 saturated carbocycles. The number of hydrogen-bond donors (Lipinski definition) is 2. The van der Waals surface area contributed by atoms with Crippen molar-refractivity contribution in [2.24, 2.45) is 0 Å². The predicted molar refractivity (Wildman–Crippen MR) is 55.9 cm³/mol. The molecule has 0 amide bonds. The van der Waals surface area contributed by atoms with E-state index in [0.29, 0.717) is 12.2 Å². The molecule has 4 heteroatoms. The second-order valence-electron chi connectivity index (χ2n) is 3.97. The largest absolute Gasteiger partial charge is 0.389 e. The van der Waals surface area contributed by atoms with Gasteiger partial charge in [-0.1, -0.05) is 0 Å². The summed E-state index contributed by atoms with van der Waals surface area (Å²) in [5.41, 5.74) is -0.110. The van der Waals surface area contributed by atoms with E-state index >= 15 is 0 Å². The average Bonchev–Trinajstić information content (AvgIpc) is 2.14. The van der Waals surface area contributed by atoms with Gasteiger partial charge in [0.15, 0.2) is 0 Å². The van der Waals surface area contributed by atoms with Gasteiger partial charge in [0.25, 0.3) is 0 Å². The molecule has 0 bridgehead atoms. The Balaban J connectivity index is 2.82. The normalized spacial score (nSPS) is 10.9. The lowest BCUT2D eigenvalue weighted by Crippen LogP contribution is -2.29. The van der Waals surface area contributed by atoms with Gasteiger partial charge in [-0.2, -0.15) is 5.26 Å².